The number of hydrogen-bond acceptors (Lipinski definition) is 5. The SMILES string of the molecule is Cn1nnnc1-c1cccc(NC2CCN3CCC2C3)c1. The maximum atomic E-state index is 4.08. The Balaban J connectivity index is 1.54. The molecule has 110 valence electrons. The third-order valence-electron chi connectivity index (χ3n) is 4.73. The Labute approximate surface area is 124 Å². The number of hydrogen-bond donors (Lipinski definition) is 1. The molecule has 2 bridgehead atoms. The molecule has 2 saturated heterocycles. The van der Waals surface area contributed by atoms with Crippen molar-refractivity contribution in [2.45, 2.75) is 18.9 Å². The summed E-state index contributed by atoms with van der Waals surface area (Å²) < 4.78 is 1.70. The van der Waals surface area contributed by atoms with E-state index in [0.29, 0.717) is 6.04 Å². The monoisotopic (exact) mass is 284 g/mol. The van der Waals surface area contributed by atoms with E-state index in [0.717, 1.165) is 17.3 Å². The van der Waals surface area contributed by atoms with Gasteiger partial charge in [0.05, 0.1) is 0 Å². The topological polar surface area (TPSA) is 58.9 Å². The van der Waals surface area contributed by atoms with Crippen LogP contribution in [0, 0.1) is 5.92 Å². The fourth-order valence-corrected chi connectivity index (χ4v) is 3.58. The van der Waals surface area contributed by atoms with Crippen LogP contribution in [0.25, 0.3) is 11.4 Å². The van der Waals surface area contributed by atoms with E-state index in [1.54, 1.807) is 4.68 Å². The summed E-state index contributed by atoms with van der Waals surface area (Å²) in [6.45, 7) is 3.75. The molecule has 4 rings (SSSR count). The van der Waals surface area contributed by atoms with E-state index in [2.05, 4.69) is 50.0 Å². The minimum atomic E-state index is 0.594. The van der Waals surface area contributed by atoms with Crippen LogP contribution in [0.3, 0.4) is 0 Å². The first-order chi connectivity index (χ1) is 10.3. The highest BCUT2D eigenvalue weighted by molar-refractivity contribution is 5.62. The quantitative estimate of drug-likeness (QED) is 0.923. The zero-order valence-corrected chi connectivity index (χ0v) is 12.2. The molecule has 6 heteroatoms. The van der Waals surface area contributed by atoms with Crippen LogP contribution in [0.2, 0.25) is 0 Å². The lowest BCUT2D eigenvalue weighted by atomic mass is 9.94. The third-order valence-corrected chi connectivity index (χ3v) is 4.73. The molecule has 1 N–H and O–H groups in total. The summed E-state index contributed by atoms with van der Waals surface area (Å²) in [7, 11) is 1.86. The second kappa shape index (κ2) is 5.11. The Morgan fingerprint density at radius 1 is 1.24 bits per heavy atom. The highest BCUT2D eigenvalue weighted by Gasteiger charge is 2.34. The fourth-order valence-electron chi connectivity index (χ4n) is 3.58. The minimum absolute atomic E-state index is 0.594. The maximum absolute atomic E-state index is 4.08. The second-order valence-electron chi connectivity index (χ2n) is 6.10. The summed E-state index contributed by atoms with van der Waals surface area (Å²) >= 11 is 0. The Kier molecular flexibility index (Phi) is 3.11. The average Bonchev–Trinajstić information content (AvgIpc) is 3.09. The smallest absolute Gasteiger partial charge is 0.181 e. The molecule has 21 heavy (non-hydrogen) atoms. The van der Waals surface area contributed by atoms with Crippen molar-refractivity contribution in [2.75, 3.05) is 25.0 Å². The molecule has 2 fully saturated rings. The van der Waals surface area contributed by atoms with E-state index in [1.807, 2.05) is 7.05 Å². The van der Waals surface area contributed by atoms with Crippen LogP contribution >= 0.6 is 0 Å². The van der Waals surface area contributed by atoms with E-state index in [4.69, 9.17) is 0 Å². The largest absolute Gasteiger partial charge is 0.382 e. The van der Waals surface area contributed by atoms with Crippen LogP contribution in [-0.4, -0.2) is 50.8 Å². The molecule has 0 radical (unpaired) electrons. The van der Waals surface area contributed by atoms with Gasteiger partial charge in [-0.15, -0.1) is 5.10 Å². The summed E-state index contributed by atoms with van der Waals surface area (Å²) in [5.41, 5.74) is 2.22. The third kappa shape index (κ3) is 2.40. The van der Waals surface area contributed by atoms with E-state index in [9.17, 15) is 0 Å². The van der Waals surface area contributed by atoms with Gasteiger partial charge < -0.3 is 10.2 Å². The van der Waals surface area contributed by atoms with Crippen LogP contribution in [-0.2, 0) is 7.05 Å². The lowest BCUT2D eigenvalue weighted by molar-refractivity contribution is 0.255. The normalized spacial score (nSPS) is 27.8. The van der Waals surface area contributed by atoms with Gasteiger partial charge in [0, 0.05) is 37.4 Å². The van der Waals surface area contributed by atoms with Gasteiger partial charge in [0.2, 0.25) is 0 Å². The van der Waals surface area contributed by atoms with Crippen LogP contribution in [0.5, 0.6) is 0 Å². The molecule has 0 amide bonds. The molecule has 0 spiro atoms. The molecule has 3 unspecified atom stereocenters. The predicted molar refractivity (Wildman–Crippen MR) is 80.8 cm³/mol. The van der Waals surface area contributed by atoms with Gasteiger partial charge in [0.15, 0.2) is 5.82 Å². The molecule has 2 aliphatic heterocycles. The molecule has 1 aromatic carbocycles. The molecule has 3 heterocycles. The van der Waals surface area contributed by atoms with Crippen molar-refractivity contribution >= 4 is 5.69 Å². The molecule has 0 aliphatic carbocycles. The summed E-state index contributed by atoms with van der Waals surface area (Å²) in [5.74, 6) is 1.59. The Bertz CT molecular complexity index is 637. The van der Waals surface area contributed by atoms with Crippen molar-refractivity contribution in [1.29, 1.82) is 0 Å². The number of tetrazole rings is 1. The van der Waals surface area contributed by atoms with Crippen molar-refractivity contribution in [3.05, 3.63) is 24.3 Å². The lowest BCUT2D eigenvalue weighted by Crippen LogP contribution is -2.39. The number of aryl methyl sites for hydroxylation is 1. The van der Waals surface area contributed by atoms with Gasteiger partial charge in [-0.05, 0) is 47.9 Å². The molecular weight excluding hydrogens is 264 g/mol. The first-order valence-corrected chi connectivity index (χ1v) is 7.61. The number of rotatable bonds is 3. The summed E-state index contributed by atoms with van der Waals surface area (Å²) in [6, 6.07) is 8.99. The maximum Gasteiger partial charge on any atom is 0.181 e. The second-order valence-corrected chi connectivity index (χ2v) is 6.10. The van der Waals surface area contributed by atoms with Gasteiger partial charge in [-0.2, -0.15) is 0 Å². The molecule has 2 aliphatic rings. The number of nitrogens with one attached hydrogen (secondary N) is 1. The van der Waals surface area contributed by atoms with Gasteiger partial charge >= 0.3 is 0 Å². The molecular formula is C15H20N6. The van der Waals surface area contributed by atoms with E-state index < -0.39 is 0 Å². The number of anilines is 1. The predicted octanol–water partition coefficient (Wildman–Crippen LogP) is 1.38. The van der Waals surface area contributed by atoms with E-state index in [-0.39, 0.29) is 0 Å². The first kappa shape index (κ1) is 12.8. The number of benzene rings is 1. The standard InChI is InChI=1S/C15H20N6/c1-20-15(17-18-19-20)11-3-2-4-13(9-11)16-14-6-8-21-7-5-12(14)10-21/h2-4,9,12,14,16H,5-8,10H2,1H3. The van der Waals surface area contributed by atoms with Crippen LogP contribution in [0.1, 0.15) is 12.8 Å². The Hall–Kier alpha value is -1.95. The van der Waals surface area contributed by atoms with Gasteiger partial charge in [0.25, 0.3) is 0 Å². The fraction of sp³-hybridized carbons (Fsp3) is 0.533. The van der Waals surface area contributed by atoms with Crippen molar-refractivity contribution < 1.29 is 0 Å². The lowest BCUT2D eigenvalue weighted by Gasteiger charge is -2.31. The molecule has 2 aromatic rings. The highest BCUT2D eigenvalue weighted by Crippen LogP contribution is 2.30. The number of fused-ring (bicyclic) bond motifs is 2. The van der Waals surface area contributed by atoms with Crippen molar-refractivity contribution in [3.8, 4) is 11.4 Å². The number of nitrogens with zero attached hydrogens (tertiary/aromatic N) is 5. The van der Waals surface area contributed by atoms with Gasteiger partial charge in [-0.1, -0.05) is 12.1 Å². The molecule has 6 nitrogen and oxygen atoms in total. The summed E-state index contributed by atoms with van der Waals surface area (Å²) in [5, 5.41) is 15.4. The minimum Gasteiger partial charge on any atom is -0.382 e. The van der Waals surface area contributed by atoms with Crippen LogP contribution in [0.15, 0.2) is 24.3 Å². The van der Waals surface area contributed by atoms with Crippen molar-refractivity contribution in [1.82, 2.24) is 25.1 Å². The van der Waals surface area contributed by atoms with Crippen LogP contribution in [0.4, 0.5) is 5.69 Å². The van der Waals surface area contributed by atoms with Crippen molar-refractivity contribution in [2.24, 2.45) is 13.0 Å². The zero-order valence-electron chi connectivity index (χ0n) is 12.2. The molecule has 0 saturated carbocycles. The summed E-state index contributed by atoms with van der Waals surface area (Å²) in [4.78, 5) is 2.57. The van der Waals surface area contributed by atoms with Gasteiger partial charge in [-0.25, -0.2) is 4.68 Å². The molecule has 3 atom stereocenters. The number of aromatic nitrogens is 4. The zero-order chi connectivity index (χ0) is 14.2. The first-order valence-electron chi connectivity index (χ1n) is 7.61. The summed E-state index contributed by atoms with van der Waals surface area (Å²) in [6.07, 6.45) is 2.56. The van der Waals surface area contributed by atoms with E-state index >= 15 is 0 Å². The van der Waals surface area contributed by atoms with Crippen LogP contribution < -0.4 is 5.32 Å². The van der Waals surface area contributed by atoms with E-state index in [1.165, 1.54) is 38.2 Å². The number of piperidine rings is 1. The van der Waals surface area contributed by atoms with Gasteiger partial charge in [0.1, 0.15) is 0 Å². The highest BCUT2D eigenvalue weighted by atomic mass is 15.5. The van der Waals surface area contributed by atoms with Gasteiger partial charge in [-0.3, -0.25) is 0 Å². The van der Waals surface area contributed by atoms with Crippen molar-refractivity contribution in [3.63, 3.8) is 0 Å². The Morgan fingerprint density at radius 2 is 2.14 bits per heavy atom. The molecule has 1 aromatic heterocycles. The average molecular weight is 284 g/mol. The Morgan fingerprint density at radius 3 is 3.00 bits per heavy atom.